The van der Waals surface area contributed by atoms with Crippen molar-refractivity contribution in [1.82, 2.24) is 0 Å². The van der Waals surface area contributed by atoms with Crippen molar-refractivity contribution in [3.63, 3.8) is 0 Å². The van der Waals surface area contributed by atoms with E-state index in [1.54, 1.807) is 0 Å². The van der Waals surface area contributed by atoms with Crippen LogP contribution in [-0.2, 0) is 14.3 Å². The highest BCUT2D eigenvalue weighted by Gasteiger charge is 2.48. The van der Waals surface area contributed by atoms with E-state index < -0.39 is 102 Å². The zero-order valence-electron chi connectivity index (χ0n) is 22.3. The van der Waals surface area contributed by atoms with Gasteiger partial charge in [0.1, 0.15) is 70.9 Å². The number of hydrogen-bond acceptors (Lipinski definition) is 17. The van der Waals surface area contributed by atoms with Crippen molar-refractivity contribution >= 4 is 16.9 Å². The normalized spacial score (nSPS) is 32.4. The van der Waals surface area contributed by atoms with Gasteiger partial charge >= 0.3 is 5.97 Å². The number of phenolic OH excluding ortho intramolecular Hbond substituents is 2. The molecule has 0 saturated carbocycles. The Morgan fingerprint density at radius 3 is 2.14 bits per heavy atom. The van der Waals surface area contributed by atoms with Crippen LogP contribution in [0.2, 0.25) is 0 Å². The number of ether oxygens (including phenoxy) is 4. The van der Waals surface area contributed by atoms with Gasteiger partial charge in [-0.05, 0) is 24.3 Å². The first-order valence-corrected chi connectivity index (χ1v) is 13.0. The molecule has 44 heavy (non-hydrogen) atoms. The molecular weight excluding hydrogens is 596 g/mol. The fourth-order valence-electron chi connectivity index (χ4n) is 4.74. The predicted octanol–water partition coefficient (Wildman–Crippen LogP) is -3.24. The summed E-state index contributed by atoms with van der Waals surface area (Å²) in [4.78, 5) is 26.4. The second-order valence-electron chi connectivity index (χ2n) is 10.1. The molecule has 1 aromatic heterocycles. The fourth-order valence-corrected chi connectivity index (χ4v) is 4.74. The Kier molecular flexibility index (Phi) is 8.78. The lowest BCUT2D eigenvalue weighted by Gasteiger charge is -2.39. The molecule has 0 spiro atoms. The molecule has 0 radical (unpaired) electrons. The summed E-state index contributed by atoms with van der Waals surface area (Å²) >= 11 is 0. The van der Waals surface area contributed by atoms with Crippen LogP contribution in [0.1, 0.15) is 0 Å². The summed E-state index contributed by atoms with van der Waals surface area (Å²) in [5, 5.41) is 99.4. The van der Waals surface area contributed by atoms with Crippen LogP contribution in [0.15, 0.2) is 45.6 Å². The summed E-state index contributed by atoms with van der Waals surface area (Å²) in [5.41, 5.74) is -1.32. The summed E-state index contributed by atoms with van der Waals surface area (Å²) in [5.74, 6) is -3.79. The number of fused-ring (bicyclic) bond motifs is 1. The Morgan fingerprint density at radius 1 is 0.818 bits per heavy atom. The third kappa shape index (κ3) is 5.69. The molecule has 10 atom stereocenters. The van der Waals surface area contributed by atoms with Gasteiger partial charge < -0.3 is 74.4 Å². The standard InChI is InChI=1S/C27H28O17/c28-7-13-15(31)17(33)21(37)27(42-13)44-23-16(32)14-11(30)5-10(6-12(14)41-22(23)8-1-3-9(29)4-2-8)40-26(39)24-19(35)18(34)20(36)25(38)43-24/h1-6,13,15,17-21,24-25,27-31,33-38H,7H2. The van der Waals surface area contributed by atoms with Gasteiger partial charge in [-0.2, -0.15) is 0 Å². The van der Waals surface area contributed by atoms with E-state index in [2.05, 4.69) is 0 Å². The zero-order chi connectivity index (χ0) is 32.0. The van der Waals surface area contributed by atoms with Crippen molar-refractivity contribution in [2.24, 2.45) is 0 Å². The molecule has 0 bridgehead atoms. The van der Waals surface area contributed by atoms with E-state index >= 15 is 0 Å². The Bertz CT molecular complexity index is 1570. The van der Waals surface area contributed by atoms with E-state index in [0.29, 0.717) is 0 Å². The molecule has 2 aliphatic rings. The Morgan fingerprint density at radius 2 is 1.48 bits per heavy atom. The largest absolute Gasteiger partial charge is 0.508 e. The average Bonchev–Trinajstić information content (AvgIpc) is 2.99. The van der Waals surface area contributed by atoms with E-state index in [0.717, 1.165) is 12.1 Å². The Hall–Kier alpha value is -3.88. The van der Waals surface area contributed by atoms with Crippen LogP contribution in [0.3, 0.4) is 0 Å². The number of aliphatic hydroxyl groups excluding tert-OH is 8. The lowest BCUT2D eigenvalue weighted by Crippen LogP contribution is -2.60. The number of rotatable bonds is 6. The maximum atomic E-state index is 13.7. The second-order valence-corrected chi connectivity index (χ2v) is 10.1. The smallest absolute Gasteiger partial charge is 0.343 e. The second kappa shape index (κ2) is 12.3. The minimum absolute atomic E-state index is 0.114. The fraction of sp³-hybridized carbons (Fsp3) is 0.407. The molecule has 2 aliphatic heterocycles. The predicted molar refractivity (Wildman–Crippen MR) is 140 cm³/mol. The third-order valence-electron chi connectivity index (χ3n) is 7.16. The summed E-state index contributed by atoms with van der Waals surface area (Å²) in [6.45, 7) is -0.786. The minimum Gasteiger partial charge on any atom is -0.508 e. The number of esters is 1. The van der Waals surface area contributed by atoms with Crippen LogP contribution in [0.5, 0.6) is 23.0 Å². The number of benzene rings is 2. The molecule has 5 rings (SSSR count). The molecule has 17 heteroatoms. The molecule has 10 unspecified atom stereocenters. The molecule has 0 aliphatic carbocycles. The molecule has 3 aromatic rings. The monoisotopic (exact) mass is 624 g/mol. The third-order valence-corrected chi connectivity index (χ3v) is 7.16. The highest BCUT2D eigenvalue weighted by Crippen LogP contribution is 2.38. The van der Waals surface area contributed by atoms with Crippen molar-refractivity contribution in [1.29, 1.82) is 0 Å². The maximum absolute atomic E-state index is 13.7. The molecule has 0 amide bonds. The highest BCUT2D eigenvalue weighted by atomic mass is 16.7. The lowest BCUT2D eigenvalue weighted by molar-refractivity contribution is -0.279. The number of carbonyl (C=O) groups excluding carboxylic acids is 1. The van der Waals surface area contributed by atoms with Gasteiger partial charge in [-0.25, -0.2) is 4.79 Å². The Balaban J connectivity index is 1.55. The average molecular weight is 625 g/mol. The number of hydrogen-bond donors (Lipinski definition) is 10. The van der Waals surface area contributed by atoms with Gasteiger partial charge in [0, 0.05) is 17.7 Å². The van der Waals surface area contributed by atoms with Crippen LogP contribution in [-0.4, -0.2) is 125 Å². The van der Waals surface area contributed by atoms with Crippen molar-refractivity contribution in [3.8, 4) is 34.3 Å². The van der Waals surface area contributed by atoms with Gasteiger partial charge in [0.05, 0.1) is 6.61 Å². The number of phenols is 2. The van der Waals surface area contributed by atoms with Gasteiger partial charge in [0.25, 0.3) is 0 Å². The van der Waals surface area contributed by atoms with E-state index in [9.17, 15) is 60.7 Å². The van der Waals surface area contributed by atoms with E-state index in [1.807, 2.05) is 0 Å². The molecule has 10 N–H and O–H groups in total. The van der Waals surface area contributed by atoms with E-state index in [-0.39, 0.29) is 22.7 Å². The van der Waals surface area contributed by atoms with Gasteiger partial charge in [-0.15, -0.1) is 0 Å². The maximum Gasteiger partial charge on any atom is 0.343 e. The first kappa shape index (κ1) is 31.5. The van der Waals surface area contributed by atoms with Gasteiger partial charge in [0.15, 0.2) is 18.2 Å². The van der Waals surface area contributed by atoms with Crippen molar-refractivity contribution in [2.75, 3.05) is 6.61 Å². The highest BCUT2D eigenvalue weighted by molar-refractivity contribution is 5.89. The number of aromatic hydroxyl groups is 2. The zero-order valence-corrected chi connectivity index (χ0v) is 22.3. The quantitative estimate of drug-likeness (QED) is 0.0952. The first-order chi connectivity index (χ1) is 20.8. The molecular formula is C27H28O17. The number of aliphatic hydroxyl groups is 8. The van der Waals surface area contributed by atoms with Gasteiger partial charge in [-0.3, -0.25) is 4.79 Å². The molecule has 2 fully saturated rings. The molecule has 17 nitrogen and oxygen atoms in total. The van der Waals surface area contributed by atoms with Gasteiger partial charge in [-0.1, -0.05) is 0 Å². The summed E-state index contributed by atoms with van der Waals surface area (Å²) in [7, 11) is 0. The Labute approximate surface area is 245 Å². The van der Waals surface area contributed by atoms with Crippen LogP contribution in [0, 0.1) is 0 Å². The van der Waals surface area contributed by atoms with Crippen LogP contribution >= 0.6 is 0 Å². The molecule has 2 aromatic carbocycles. The van der Waals surface area contributed by atoms with Crippen LogP contribution in [0.4, 0.5) is 0 Å². The summed E-state index contributed by atoms with van der Waals surface area (Å²) < 4.78 is 26.7. The van der Waals surface area contributed by atoms with E-state index in [1.165, 1.54) is 24.3 Å². The van der Waals surface area contributed by atoms with Crippen LogP contribution in [0.25, 0.3) is 22.3 Å². The lowest BCUT2D eigenvalue weighted by atomic mass is 9.99. The minimum atomic E-state index is -2.04. The first-order valence-electron chi connectivity index (χ1n) is 13.0. The summed E-state index contributed by atoms with van der Waals surface area (Å²) in [6, 6.07) is 6.91. The number of carbonyl (C=O) groups is 1. The van der Waals surface area contributed by atoms with Crippen molar-refractivity contribution in [3.05, 3.63) is 46.6 Å². The van der Waals surface area contributed by atoms with Crippen molar-refractivity contribution in [2.45, 2.75) is 61.4 Å². The van der Waals surface area contributed by atoms with Crippen molar-refractivity contribution < 1.29 is 79.2 Å². The van der Waals surface area contributed by atoms with Gasteiger partial charge in [0.2, 0.25) is 17.5 Å². The molecule has 3 heterocycles. The summed E-state index contributed by atoms with van der Waals surface area (Å²) in [6.07, 6.45) is -18.6. The van der Waals surface area contributed by atoms with E-state index in [4.69, 9.17) is 23.4 Å². The van der Waals surface area contributed by atoms with Crippen LogP contribution < -0.4 is 14.9 Å². The molecule has 2 saturated heterocycles. The SMILES string of the molecule is O=C(Oc1cc(O)c2c(=O)c(OC3OC(CO)C(O)C(O)C3O)c(-c3ccc(O)cc3)oc2c1)C1OC(O)C(O)C(O)C1O. The topological polar surface area (TPSA) is 286 Å². The molecule has 238 valence electrons.